The van der Waals surface area contributed by atoms with E-state index < -0.39 is 5.79 Å². The highest BCUT2D eigenvalue weighted by molar-refractivity contribution is 5.73. The summed E-state index contributed by atoms with van der Waals surface area (Å²) in [5.41, 5.74) is 2.47. The Morgan fingerprint density at radius 3 is 2.73 bits per heavy atom. The first-order valence-corrected chi connectivity index (χ1v) is 7.85. The zero-order chi connectivity index (χ0) is 16.0. The maximum atomic E-state index is 11.8. The first-order valence-electron chi connectivity index (χ1n) is 7.85. The number of amides is 2. The quantitative estimate of drug-likeness (QED) is 0.849. The summed E-state index contributed by atoms with van der Waals surface area (Å²) in [7, 11) is 0. The van der Waals surface area contributed by atoms with Crippen LogP contribution in [0.3, 0.4) is 0 Å². The van der Waals surface area contributed by atoms with Crippen LogP contribution in [0, 0.1) is 6.92 Å². The third-order valence-corrected chi connectivity index (χ3v) is 3.94. The van der Waals surface area contributed by atoms with Crippen LogP contribution in [0.2, 0.25) is 0 Å². The highest BCUT2D eigenvalue weighted by Gasteiger charge is 2.30. The molecule has 1 fully saturated rings. The normalized spacial score (nSPS) is 18.0. The molecule has 0 spiro atoms. The predicted molar refractivity (Wildman–Crippen MR) is 85.9 cm³/mol. The fraction of sp³-hybridized carbons (Fsp3) is 0.588. The van der Waals surface area contributed by atoms with Gasteiger partial charge in [-0.3, -0.25) is 0 Å². The van der Waals surface area contributed by atoms with E-state index in [1.165, 1.54) is 11.1 Å². The molecule has 1 aliphatic rings. The maximum absolute atomic E-state index is 11.8. The molecule has 2 amide bonds. The highest BCUT2D eigenvalue weighted by Crippen LogP contribution is 2.21. The zero-order valence-corrected chi connectivity index (χ0v) is 13.6. The molecule has 0 bridgehead atoms. The van der Waals surface area contributed by atoms with Gasteiger partial charge in [0.05, 0.1) is 13.2 Å². The smallest absolute Gasteiger partial charge is 0.314 e. The third kappa shape index (κ3) is 5.00. The van der Waals surface area contributed by atoms with E-state index in [-0.39, 0.29) is 11.9 Å². The molecule has 2 N–H and O–H groups in total. The third-order valence-electron chi connectivity index (χ3n) is 3.94. The Morgan fingerprint density at radius 2 is 2.05 bits per heavy atom. The van der Waals surface area contributed by atoms with E-state index >= 15 is 0 Å². The summed E-state index contributed by atoms with van der Waals surface area (Å²) in [6.45, 7) is 8.47. The van der Waals surface area contributed by atoms with E-state index in [0.29, 0.717) is 32.7 Å². The van der Waals surface area contributed by atoms with E-state index in [2.05, 4.69) is 42.7 Å². The van der Waals surface area contributed by atoms with E-state index in [1.54, 1.807) is 0 Å². The second-order valence-corrected chi connectivity index (χ2v) is 6.03. The molecule has 1 saturated heterocycles. The lowest BCUT2D eigenvalue weighted by molar-refractivity contribution is -0.145. The Kier molecular flexibility index (Phi) is 5.80. The summed E-state index contributed by atoms with van der Waals surface area (Å²) < 4.78 is 11.0. The summed E-state index contributed by atoms with van der Waals surface area (Å²) in [4.78, 5) is 11.8. The van der Waals surface area contributed by atoms with Gasteiger partial charge < -0.3 is 20.1 Å². The van der Waals surface area contributed by atoms with Crippen LogP contribution in [-0.4, -0.2) is 38.1 Å². The number of hydrogen-bond donors (Lipinski definition) is 2. The molecule has 0 aliphatic carbocycles. The second kappa shape index (κ2) is 7.61. The van der Waals surface area contributed by atoms with E-state index in [0.717, 1.165) is 0 Å². The summed E-state index contributed by atoms with van der Waals surface area (Å²) in [6, 6.07) is 8.21. The SMILES string of the molecule is Cc1cccc([C@H](C)CNC(=O)NCCC2(C)OCCO2)c1. The average Bonchev–Trinajstić information content (AvgIpc) is 2.91. The summed E-state index contributed by atoms with van der Waals surface area (Å²) in [6.07, 6.45) is 0.647. The number of rotatable bonds is 6. The van der Waals surface area contributed by atoms with Crippen molar-refractivity contribution < 1.29 is 14.3 Å². The summed E-state index contributed by atoms with van der Waals surface area (Å²) >= 11 is 0. The standard InChI is InChI=1S/C17H26N2O3/c1-13-5-4-6-15(11-13)14(2)12-19-16(20)18-8-7-17(3)21-9-10-22-17/h4-6,11,14H,7-10,12H2,1-3H3,(H2,18,19,20)/t14-/m1/s1. The molecule has 0 saturated carbocycles. The van der Waals surface area contributed by atoms with Crippen molar-refractivity contribution in [3.63, 3.8) is 0 Å². The van der Waals surface area contributed by atoms with Crippen molar-refractivity contribution in [1.82, 2.24) is 10.6 Å². The number of aryl methyl sites for hydroxylation is 1. The largest absolute Gasteiger partial charge is 0.348 e. The fourth-order valence-electron chi connectivity index (χ4n) is 2.51. The Balaban J connectivity index is 1.67. The molecule has 5 nitrogen and oxygen atoms in total. The number of ether oxygens (including phenoxy) is 2. The Hall–Kier alpha value is -1.59. The number of carbonyl (C=O) groups is 1. The number of benzene rings is 1. The van der Waals surface area contributed by atoms with Gasteiger partial charge in [0.15, 0.2) is 5.79 Å². The van der Waals surface area contributed by atoms with E-state index in [1.807, 2.05) is 13.0 Å². The zero-order valence-electron chi connectivity index (χ0n) is 13.6. The van der Waals surface area contributed by atoms with E-state index in [4.69, 9.17) is 9.47 Å². The van der Waals surface area contributed by atoms with Crippen LogP contribution in [-0.2, 0) is 9.47 Å². The topological polar surface area (TPSA) is 59.6 Å². The van der Waals surface area contributed by atoms with Crippen LogP contribution >= 0.6 is 0 Å². The first-order chi connectivity index (χ1) is 10.5. The average molecular weight is 306 g/mol. The van der Waals surface area contributed by atoms with Crippen LogP contribution in [0.15, 0.2) is 24.3 Å². The number of hydrogen-bond acceptors (Lipinski definition) is 3. The molecule has 0 aromatic heterocycles. The molecule has 0 radical (unpaired) electrons. The molecular weight excluding hydrogens is 280 g/mol. The van der Waals surface area contributed by atoms with Gasteiger partial charge in [0.2, 0.25) is 0 Å². The van der Waals surface area contributed by atoms with Crippen LogP contribution in [0.5, 0.6) is 0 Å². The van der Waals surface area contributed by atoms with Crippen LogP contribution in [0.25, 0.3) is 0 Å². The van der Waals surface area contributed by atoms with Crippen molar-refractivity contribution in [2.75, 3.05) is 26.3 Å². The monoisotopic (exact) mass is 306 g/mol. The van der Waals surface area contributed by atoms with Crippen molar-refractivity contribution in [2.24, 2.45) is 0 Å². The Bertz CT molecular complexity index is 498. The molecule has 5 heteroatoms. The molecule has 122 valence electrons. The van der Waals surface area contributed by atoms with Crippen LogP contribution in [0.4, 0.5) is 4.79 Å². The number of urea groups is 1. The fourth-order valence-corrected chi connectivity index (χ4v) is 2.51. The van der Waals surface area contributed by atoms with Crippen LogP contribution in [0.1, 0.15) is 37.3 Å². The van der Waals surface area contributed by atoms with E-state index in [9.17, 15) is 4.79 Å². The molecule has 2 rings (SSSR count). The minimum Gasteiger partial charge on any atom is -0.348 e. The maximum Gasteiger partial charge on any atom is 0.314 e. The minimum atomic E-state index is -0.553. The van der Waals surface area contributed by atoms with Crippen molar-refractivity contribution in [3.05, 3.63) is 35.4 Å². The Labute approximate surface area is 132 Å². The summed E-state index contributed by atoms with van der Waals surface area (Å²) in [5.74, 6) is -0.271. The van der Waals surface area contributed by atoms with Gasteiger partial charge in [-0.05, 0) is 25.3 Å². The van der Waals surface area contributed by atoms with Gasteiger partial charge in [-0.15, -0.1) is 0 Å². The predicted octanol–water partition coefficient (Wildman–Crippen LogP) is 2.55. The molecule has 1 aromatic rings. The molecule has 1 heterocycles. The van der Waals surface area contributed by atoms with Gasteiger partial charge in [0.1, 0.15) is 0 Å². The van der Waals surface area contributed by atoms with Gasteiger partial charge in [0.25, 0.3) is 0 Å². The number of carbonyl (C=O) groups excluding carboxylic acids is 1. The lowest BCUT2D eigenvalue weighted by Gasteiger charge is -2.22. The highest BCUT2D eigenvalue weighted by atomic mass is 16.7. The Morgan fingerprint density at radius 1 is 1.32 bits per heavy atom. The van der Waals surface area contributed by atoms with Gasteiger partial charge >= 0.3 is 6.03 Å². The lowest BCUT2D eigenvalue weighted by Crippen LogP contribution is -2.40. The number of nitrogens with one attached hydrogen (secondary N) is 2. The molecular formula is C17H26N2O3. The molecule has 22 heavy (non-hydrogen) atoms. The molecule has 1 aliphatic heterocycles. The molecule has 1 atom stereocenters. The molecule has 0 unspecified atom stereocenters. The van der Waals surface area contributed by atoms with Crippen molar-refractivity contribution in [1.29, 1.82) is 0 Å². The van der Waals surface area contributed by atoms with Gasteiger partial charge in [-0.25, -0.2) is 4.79 Å². The minimum absolute atomic E-state index is 0.152. The van der Waals surface area contributed by atoms with Crippen LogP contribution < -0.4 is 10.6 Å². The first kappa shape index (κ1) is 16.8. The molecule has 1 aromatic carbocycles. The van der Waals surface area contributed by atoms with Crippen molar-refractivity contribution >= 4 is 6.03 Å². The van der Waals surface area contributed by atoms with Gasteiger partial charge in [-0.2, -0.15) is 0 Å². The van der Waals surface area contributed by atoms with Gasteiger partial charge in [0, 0.05) is 19.5 Å². The lowest BCUT2D eigenvalue weighted by atomic mass is 9.99. The van der Waals surface area contributed by atoms with Crippen molar-refractivity contribution in [3.8, 4) is 0 Å². The van der Waals surface area contributed by atoms with Gasteiger partial charge in [-0.1, -0.05) is 36.8 Å². The second-order valence-electron chi connectivity index (χ2n) is 6.03. The van der Waals surface area contributed by atoms with Crippen molar-refractivity contribution in [2.45, 2.75) is 38.9 Å². The summed E-state index contributed by atoms with van der Waals surface area (Å²) in [5, 5.41) is 5.75.